The monoisotopic (exact) mass is 354 g/mol. The molecule has 1 aliphatic carbocycles. The molecule has 0 spiro atoms. The Morgan fingerprint density at radius 2 is 1.92 bits per heavy atom. The molecule has 4 heteroatoms. The van der Waals surface area contributed by atoms with Gasteiger partial charge in [-0.3, -0.25) is 4.99 Å². The van der Waals surface area contributed by atoms with Gasteiger partial charge >= 0.3 is 0 Å². The van der Waals surface area contributed by atoms with Crippen molar-refractivity contribution >= 4 is 5.96 Å². The third kappa shape index (κ3) is 4.59. The molecule has 1 N–H and O–H groups in total. The Morgan fingerprint density at radius 3 is 2.69 bits per heavy atom. The van der Waals surface area contributed by atoms with Crippen LogP contribution in [0.15, 0.2) is 35.3 Å². The highest BCUT2D eigenvalue weighted by molar-refractivity contribution is 5.80. The van der Waals surface area contributed by atoms with Crippen LogP contribution in [-0.2, 0) is 6.42 Å². The van der Waals surface area contributed by atoms with E-state index in [9.17, 15) is 0 Å². The van der Waals surface area contributed by atoms with Gasteiger partial charge in [0.2, 0.25) is 0 Å². The maximum absolute atomic E-state index is 4.59. The van der Waals surface area contributed by atoms with Gasteiger partial charge in [-0.05, 0) is 62.6 Å². The van der Waals surface area contributed by atoms with Gasteiger partial charge in [-0.1, -0.05) is 36.8 Å². The average Bonchev–Trinajstić information content (AvgIpc) is 3.24. The van der Waals surface area contributed by atoms with Gasteiger partial charge in [-0.2, -0.15) is 0 Å². The summed E-state index contributed by atoms with van der Waals surface area (Å²) < 4.78 is 0. The molecule has 2 heterocycles. The van der Waals surface area contributed by atoms with Crippen LogP contribution in [0.3, 0.4) is 0 Å². The van der Waals surface area contributed by atoms with Gasteiger partial charge < -0.3 is 15.1 Å². The topological polar surface area (TPSA) is 30.9 Å². The van der Waals surface area contributed by atoms with Crippen LogP contribution in [0.25, 0.3) is 0 Å². The molecule has 0 aromatic heterocycles. The molecule has 1 saturated carbocycles. The molecule has 3 atom stereocenters. The van der Waals surface area contributed by atoms with Gasteiger partial charge in [0.25, 0.3) is 0 Å². The number of rotatable bonds is 5. The van der Waals surface area contributed by atoms with E-state index in [4.69, 9.17) is 0 Å². The lowest BCUT2D eigenvalue weighted by Crippen LogP contribution is -2.42. The van der Waals surface area contributed by atoms with E-state index >= 15 is 0 Å². The maximum Gasteiger partial charge on any atom is 0.193 e. The summed E-state index contributed by atoms with van der Waals surface area (Å²) >= 11 is 0. The first-order valence-electron chi connectivity index (χ1n) is 10.6. The molecular formula is C22H34N4. The third-order valence-corrected chi connectivity index (χ3v) is 6.34. The predicted octanol–water partition coefficient (Wildman–Crippen LogP) is 3.00. The number of nitrogens with zero attached hydrogens (tertiary/aromatic N) is 3. The Bertz CT molecular complexity index is 593. The Hall–Kier alpha value is -1.55. The fraction of sp³-hybridized carbons (Fsp3) is 0.682. The molecule has 142 valence electrons. The summed E-state index contributed by atoms with van der Waals surface area (Å²) in [6.07, 6.45) is 7.99. The SMILES string of the molecule is CN=C(NC1CC1Cc1ccccc1)N1CCC(CN2CCCCC2)C1. The van der Waals surface area contributed by atoms with Gasteiger partial charge in [0.05, 0.1) is 0 Å². The molecule has 4 rings (SSSR count). The second kappa shape index (κ2) is 8.43. The molecule has 1 aromatic carbocycles. The van der Waals surface area contributed by atoms with Gasteiger partial charge in [-0.25, -0.2) is 0 Å². The van der Waals surface area contributed by atoms with E-state index in [0.717, 1.165) is 24.3 Å². The molecular weight excluding hydrogens is 320 g/mol. The van der Waals surface area contributed by atoms with Crippen molar-refractivity contribution < 1.29 is 0 Å². The van der Waals surface area contributed by atoms with Crippen molar-refractivity contribution in [3.05, 3.63) is 35.9 Å². The Labute approximate surface area is 158 Å². The molecule has 1 aromatic rings. The zero-order valence-corrected chi connectivity index (χ0v) is 16.2. The quantitative estimate of drug-likeness (QED) is 0.651. The predicted molar refractivity (Wildman–Crippen MR) is 109 cm³/mol. The Kier molecular flexibility index (Phi) is 5.78. The fourth-order valence-corrected chi connectivity index (χ4v) is 4.71. The normalized spacial score (nSPS) is 29.8. The fourth-order valence-electron chi connectivity index (χ4n) is 4.71. The van der Waals surface area contributed by atoms with Crippen LogP contribution in [0.1, 0.15) is 37.7 Å². The summed E-state index contributed by atoms with van der Waals surface area (Å²) in [5.74, 6) is 2.71. The van der Waals surface area contributed by atoms with Crippen LogP contribution in [0.2, 0.25) is 0 Å². The number of aliphatic imine (C=N–C) groups is 1. The summed E-state index contributed by atoms with van der Waals surface area (Å²) in [7, 11) is 1.94. The molecule has 3 fully saturated rings. The minimum atomic E-state index is 0.607. The van der Waals surface area contributed by atoms with Crippen LogP contribution in [-0.4, -0.2) is 61.6 Å². The molecule has 0 amide bonds. The summed E-state index contributed by atoms with van der Waals surface area (Å²) in [6, 6.07) is 11.5. The first-order chi connectivity index (χ1) is 12.8. The first-order valence-corrected chi connectivity index (χ1v) is 10.6. The lowest BCUT2D eigenvalue weighted by Gasteiger charge is -2.29. The summed E-state index contributed by atoms with van der Waals surface area (Å²) in [6.45, 7) is 6.24. The zero-order valence-electron chi connectivity index (χ0n) is 16.2. The van der Waals surface area contributed by atoms with Crippen molar-refractivity contribution in [2.75, 3.05) is 39.8 Å². The number of nitrogens with one attached hydrogen (secondary N) is 1. The second-order valence-electron chi connectivity index (χ2n) is 8.45. The van der Waals surface area contributed by atoms with Gasteiger partial charge in [-0.15, -0.1) is 0 Å². The van der Waals surface area contributed by atoms with E-state index in [1.807, 2.05) is 7.05 Å². The maximum atomic E-state index is 4.59. The number of piperidine rings is 1. The minimum absolute atomic E-state index is 0.607. The smallest absolute Gasteiger partial charge is 0.193 e. The van der Waals surface area contributed by atoms with Gasteiger partial charge in [0.1, 0.15) is 0 Å². The second-order valence-corrected chi connectivity index (χ2v) is 8.45. The van der Waals surface area contributed by atoms with Gasteiger partial charge in [0.15, 0.2) is 5.96 Å². The van der Waals surface area contributed by atoms with Crippen LogP contribution in [0, 0.1) is 11.8 Å². The average molecular weight is 355 g/mol. The van der Waals surface area contributed by atoms with Crippen molar-refractivity contribution in [3.8, 4) is 0 Å². The van der Waals surface area contributed by atoms with Crippen LogP contribution in [0.4, 0.5) is 0 Å². The highest BCUT2D eigenvalue weighted by Crippen LogP contribution is 2.34. The number of hydrogen-bond donors (Lipinski definition) is 1. The Balaban J connectivity index is 1.22. The van der Waals surface area contributed by atoms with E-state index in [2.05, 4.69) is 50.4 Å². The molecule has 0 radical (unpaired) electrons. The van der Waals surface area contributed by atoms with Crippen molar-refractivity contribution in [1.29, 1.82) is 0 Å². The van der Waals surface area contributed by atoms with E-state index in [1.165, 1.54) is 70.3 Å². The van der Waals surface area contributed by atoms with Gasteiger partial charge in [0, 0.05) is 32.7 Å². The largest absolute Gasteiger partial charge is 0.353 e. The highest BCUT2D eigenvalue weighted by Gasteiger charge is 2.39. The first kappa shape index (κ1) is 17.8. The molecule has 2 aliphatic heterocycles. The summed E-state index contributed by atoms with van der Waals surface area (Å²) in [5, 5.41) is 3.74. The van der Waals surface area contributed by atoms with E-state index in [-0.39, 0.29) is 0 Å². The molecule has 3 unspecified atom stereocenters. The van der Waals surface area contributed by atoms with Crippen LogP contribution < -0.4 is 5.32 Å². The lowest BCUT2D eigenvalue weighted by molar-refractivity contribution is 0.198. The minimum Gasteiger partial charge on any atom is -0.353 e. The van der Waals surface area contributed by atoms with Crippen molar-refractivity contribution in [1.82, 2.24) is 15.1 Å². The highest BCUT2D eigenvalue weighted by atomic mass is 15.3. The Morgan fingerprint density at radius 1 is 1.12 bits per heavy atom. The number of guanidine groups is 1. The van der Waals surface area contributed by atoms with E-state index in [0.29, 0.717) is 6.04 Å². The number of benzene rings is 1. The van der Waals surface area contributed by atoms with Crippen LogP contribution >= 0.6 is 0 Å². The third-order valence-electron chi connectivity index (χ3n) is 6.34. The van der Waals surface area contributed by atoms with Crippen molar-refractivity contribution in [3.63, 3.8) is 0 Å². The standard InChI is InChI=1S/C22H34N4/c1-23-22(24-21-15-20(21)14-18-8-4-2-5-9-18)26-13-10-19(17-26)16-25-11-6-3-7-12-25/h2,4-5,8-9,19-21H,3,6-7,10-17H2,1H3,(H,23,24). The van der Waals surface area contributed by atoms with Crippen molar-refractivity contribution in [2.24, 2.45) is 16.8 Å². The van der Waals surface area contributed by atoms with E-state index < -0.39 is 0 Å². The van der Waals surface area contributed by atoms with Crippen molar-refractivity contribution in [2.45, 2.75) is 44.6 Å². The number of likely N-dealkylation sites (tertiary alicyclic amines) is 2. The summed E-state index contributed by atoms with van der Waals surface area (Å²) in [5.41, 5.74) is 1.46. The molecule has 0 bridgehead atoms. The summed E-state index contributed by atoms with van der Waals surface area (Å²) in [4.78, 5) is 9.77. The molecule has 3 aliphatic rings. The lowest BCUT2D eigenvalue weighted by atomic mass is 10.1. The molecule has 4 nitrogen and oxygen atoms in total. The van der Waals surface area contributed by atoms with Crippen LogP contribution in [0.5, 0.6) is 0 Å². The molecule has 2 saturated heterocycles. The van der Waals surface area contributed by atoms with E-state index in [1.54, 1.807) is 0 Å². The zero-order chi connectivity index (χ0) is 17.8. The molecule has 26 heavy (non-hydrogen) atoms. The number of hydrogen-bond acceptors (Lipinski definition) is 2.